The molecule has 0 aromatic heterocycles. The van der Waals surface area contributed by atoms with Crippen molar-refractivity contribution in [2.75, 3.05) is 26.2 Å². The number of rotatable bonds is 4. The molecule has 2 atom stereocenters. The number of carbonyl (C=O) groups excluding carboxylic acids is 2. The maximum atomic E-state index is 12.2. The predicted octanol–water partition coefficient (Wildman–Crippen LogP) is 1.83. The average Bonchev–Trinajstić information content (AvgIpc) is 2.42. The van der Waals surface area contributed by atoms with Crippen LogP contribution in [0.2, 0.25) is 0 Å². The normalized spacial score (nSPS) is 20.5. The fourth-order valence-electron chi connectivity index (χ4n) is 2.67. The fourth-order valence-corrected chi connectivity index (χ4v) is 2.67. The highest BCUT2D eigenvalue weighted by Crippen LogP contribution is 2.19. The highest BCUT2D eigenvalue weighted by molar-refractivity contribution is 5.81. The molecule has 1 heterocycles. The summed E-state index contributed by atoms with van der Waals surface area (Å²) in [4.78, 5) is 27.7. The lowest BCUT2D eigenvalue weighted by Gasteiger charge is -2.36. The Labute approximate surface area is 134 Å². The summed E-state index contributed by atoms with van der Waals surface area (Å²) in [5, 5.41) is 0. The van der Waals surface area contributed by atoms with Crippen molar-refractivity contribution in [1.82, 2.24) is 9.80 Å². The van der Waals surface area contributed by atoms with Crippen LogP contribution in [0.5, 0.6) is 0 Å². The van der Waals surface area contributed by atoms with Crippen LogP contribution in [0.1, 0.15) is 47.5 Å². The largest absolute Gasteiger partial charge is 0.444 e. The Bertz CT molecular complexity index is 391. The molecule has 0 aromatic carbocycles. The van der Waals surface area contributed by atoms with Crippen LogP contribution in [0.15, 0.2) is 0 Å². The average molecular weight is 313 g/mol. The monoisotopic (exact) mass is 313 g/mol. The van der Waals surface area contributed by atoms with Crippen molar-refractivity contribution in [2.24, 2.45) is 11.7 Å². The van der Waals surface area contributed by atoms with Gasteiger partial charge in [-0.3, -0.25) is 4.79 Å². The first-order valence-electron chi connectivity index (χ1n) is 8.16. The maximum absolute atomic E-state index is 12.2. The summed E-state index contributed by atoms with van der Waals surface area (Å²) in [6.45, 7) is 11.9. The van der Waals surface area contributed by atoms with Crippen molar-refractivity contribution in [3.05, 3.63) is 0 Å². The van der Waals surface area contributed by atoms with E-state index < -0.39 is 11.6 Å². The molecule has 1 aliphatic heterocycles. The molecule has 1 aliphatic rings. The number of nitrogens with two attached hydrogens (primary N) is 1. The van der Waals surface area contributed by atoms with Crippen LogP contribution >= 0.6 is 0 Å². The summed E-state index contributed by atoms with van der Waals surface area (Å²) in [5.74, 6) is 0.272. The van der Waals surface area contributed by atoms with Gasteiger partial charge >= 0.3 is 6.09 Å². The van der Waals surface area contributed by atoms with E-state index in [0.29, 0.717) is 19.6 Å². The lowest BCUT2D eigenvalue weighted by molar-refractivity contribution is -0.134. The Hall–Kier alpha value is -1.30. The molecule has 2 amide bonds. The van der Waals surface area contributed by atoms with Gasteiger partial charge in [-0.2, -0.15) is 0 Å². The summed E-state index contributed by atoms with van der Waals surface area (Å²) in [6.07, 6.45) is 1.68. The molecule has 0 spiro atoms. The minimum Gasteiger partial charge on any atom is -0.444 e. The molecule has 1 rings (SSSR count). The van der Waals surface area contributed by atoms with Gasteiger partial charge in [0.15, 0.2) is 0 Å². The SMILES string of the molecule is CCN(CC1CCCN(C(=O)[C@H](C)N)C1)C(=O)OC(C)(C)C. The van der Waals surface area contributed by atoms with Crippen molar-refractivity contribution in [1.29, 1.82) is 0 Å². The van der Waals surface area contributed by atoms with Crippen LogP contribution in [0.4, 0.5) is 4.79 Å². The third-order valence-corrected chi connectivity index (χ3v) is 3.73. The van der Waals surface area contributed by atoms with Gasteiger partial charge in [0.1, 0.15) is 5.60 Å². The molecule has 1 saturated heterocycles. The maximum Gasteiger partial charge on any atom is 0.410 e. The van der Waals surface area contributed by atoms with Gasteiger partial charge in [0.25, 0.3) is 0 Å². The summed E-state index contributed by atoms with van der Waals surface area (Å²) in [6, 6.07) is -0.466. The van der Waals surface area contributed by atoms with Gasteiger partial charge in [0, 0.05) is 26.2 Å². The molecule has 0 radical (unpaired) electrons. The Balaban J connectivity index is 2.59. The molecular weight excluding hydrogens is 282 g/mol. The molecule has 128 valence electrons. The summed E-state index contributed by atoms with van der Waals surface area (Å²) in [7, 11) is 0. The van der Waals surface area contributed by atoms with Crippen molar-refractivity contribution in [2.45, 2.75) is 59.1 Å². The lowest BCUT2D eigenvalue weighted by Crippen LogP contribution is -2.49. The zero-order valence-corrected chi connectivity index (χ0v) is 14.6. The minimum absolute atomic E-state index is 0.00924. The zero-order chi connectivity index (χ0) is 16.9. The third-order valence-electron chi connectivity index (χ3n) is 3.73. The van der Waals surface area contributed by atoms with E-state index in [1.54, 1.807) is 11.8 Å². The van der Waals surface area contributed by atoms with E-state index in [9.17, 15) is 9.59 Å². The van der Waals surface area contributed by atoms with Crippen LogP contribution in [0.25, 0.3) is 0 Å². The van der Waals surface area contributed by atoms with E-state index in [1.807, 2.05) is 32.6 Å². The summed E-state index contributed by atoms with van der Waals surface area (Å²) < 4.78 is 5.43. The molecule has 22 heavy (non-hydrogen) atoms. The molecule has 0 saturated carbocycles. The molecule has 0 aromatic rings. The number of ether oxygens (including phenoxy) is 1. The molecule has 0 aliphatic carbocycles. The Morgan fingerprint density at radius 1 is 1.41 bits per heavy atom. The second-order valence-electron chi connectivity index (χ2n) is 7.10. The summed E-state index contributed by atoms with van der Waals surface area (Å²) >= 11 is 0. The van der Waals surface area contributed by atoms with Crippen LogP contribution in [0.3, 0.4) is 0 Å². The molecule has 1 fully saturated rings. The number of hydrogen-bond donors (Lipinski definition) is 1. The standard InChI is InChI=1S/C16H31N3O3/c1-6-18(15(21)22-16(3,4)5)10-13-8-7-9-19(11-13)14(20)12(2)17/h12-13H,6-11,17H2,1-5H3/t12-,13?/m0/s1. The number of carbonyl (C=O) groups is 2. The first-order valence-corrected chi connectivity index (χ1v) is 8.16. The number of amides is 2. The van der Waals surface area contributed by atoms with Crippen molar-refractivity contribution in [3.63, 3.8) is 0 Å². The van der Waals surface area contributed by atoms with Crippen LogP contribution in [0, 0.1) is 5.92 Å². The second kappa shape index (κ2) is 7.81. The molecule has 0 bridgehead atoms. The number of likely N-dealkylation sites (tertiary alicyclic amines) is 1. The van der Waals surface area contributed by atoms with E-state index >= 15 is 0 Å². The second-order valence-corrected chi connectivity index (χ2v) is 7.10. The van der Waals surface area contributed by atoms with E-state index in [0.717, 1.165) is 19.4 Å². The van der Waals surface area contributed by atoms with Crippen molar-refractivity contribution in [3.8, 4) is 0 Å². The predicted molar refractivity (Wildman–Crippen MR) is 86.4 cm³/mol. The zero-order valence-electron chi connectivity index (χ0n) is 14.6. The van der Waals surface area contributed by atoms with Crippen LogP contribution in [-0.4, -0.2) is 59.6 Å². The van der Waals surface area contributed by atoms with Gasteiger partial charge in [-0.05, 0) is 53.4 Å². The Morgan fingerprint density at radius 3 is 2.55 bits per heavy atom. The highest BCUT2D eigenvalue weighted by Gasteiger charge is 2.29. The van der Waals surface area contributed by atoms with Gasteiger partial charge in [0.2, 0.25) is 5.91 Å². The molecule has 6 nitrogen and oxygen atoms in total. The van der Waals surface area contributed by atoms with E-state index in [2.05, 4.69) is 0 Å². The Morgan fingerprint density at radius 2 is 2.05 bits per heavy atom. The number of nitrogens with zero attached hydrogens (tertiary/aromatic N) is 2. The topological polar surface area (TPSA) is 75.9 Å². The van der Waals surface area contributed by atoms with E-state index in [-0.39, 0.29) is 17.9 Å². The minimum atomic E-state index is -0.492. The summed E-state index contributed by atoms with van der Waals surface area (Å²) in [5.41, 5.74) is 5.19. The molecular formula is C16H31N3O3. The highest BCUT2D eigenvalue weighted by atomic mass is 16.6. The molecule has 2 N–H and O–H groups in total. The van der Waals surface area contributed by atoms with Gasteiger partial charge in [-0.25, -0.2) is 4.79 Å². The Kier molecular flexibility index (Phi) is 6.66. The van der Waals surface area contributed by atoms with Gasteiger partial charge in [-0.1, -0.05) is 0 Å². The molecule has 1 unspecified atom stereocenters. The van der Waals surface area contributed by atoms with Gasteiger partial charge in [-0.15, -0.1) is 0 Å². The van der Waals surface area contributed by atoms with Crippen LogP contribution in [-0.2, 0) is 9.53 Å². The molecule has 6 heteroatoms. The smallest absolute Gasteiger partial charge is 0.410 e. The van der Waals surface area contributed by atoms with Crippen LogP contribution < -0.4 is 5.73 Å². The van der Waals surface area contributed by atoms with E-state index in [4.69, 9.17) is 10.5 Å². The van der Waals surface area contributed by atoms with Crippen molar-refractivity contribution >= 4 is 12.0 Å². The first-order chi connectivity index (χ1) is 10.1. The number of hydrogen-bond acceptors (Lipinski definition) is 4. The fraction of sp³-hybridized carbons (Fsp3) is 0.875. The quantitative estimate of drug-likeness (QED) is 0.859. The number of piperidine rings is 1. The first kappa shape index (κ1) is 18.7. The van der Waals surface area contributed by atoms with E-state index in [1.165, 1.54) is 0 Å². The third kappa shape index (κ3) is 5.83. The lowest BCUT2D eigenvalue weighted by atomic mass is 9.97. The van der Waals surface area contributed by atoms with Gasteiger partial charge in [0.05, 0.1) is 6.04 Å². The van der Waals surface area contributed by atoms with Gasteiger partial charge < -0.3 is 20.3 Å². The van der Waals surface area contributed by atoms with Crippen molar-refractivity contribution < 1.29 is 14.3 Å².